The first-order chi connectivity index (χ1) is 14.1. The molecule has 4 rings (SSSR count). The maximum absolute atomic E-state index is 11.0. The molecule has 0 heterocycles. The van der Waals surface area contributed by atoms with Gasteiger partial charge in [-0.1, -0.05) is 70.1 Å². The van der Waals surface area contributed by atoms with E-state index in [0.717, 1.165) is 6.42 Å². The van der Waals surface area contributed by atoms with Crippen LogP contribution in [-0.2, 0) is 0 Å². The molecule has 3 saturated carbocycles. The standard InChI is InChI=1S/C27H42O3/c1-16(2)24(29)11-6-17(3)21-9-10-22-20-8-7-18-14-19(28)15-25(30)27(18,5)23(20)12-13-26(21,22)4/h6-8,11,16-17,19,21-25,28-30H,9-10,12-15H2,1-5H3/b11-6+/t17-,19-,21-,22+,23+,24-,25+,26-,27+/m1/s1. The summed E-state index contributed by atoms with van der Waals surface area (Å²) in [5.41, 5.74) is 2.89. The number of fused-ring (bicyclic) bond motifs is 5. The van der Waals surface area contributed by atoms with E-state index >= 15 is 0 Å². The largest absolute Gasteiger partial charge is 0.393 e. The fourth-order valence-electron chi connectivity index (χ4n) is 7.60. The van der Waals surface area contributed by atoms with Crippen molar-refractivity contribution in [3.8, 4) is 0 Å². The van der Waals surface area contributed by atoms with Crippen molar-refractivity contribution in [2.75, 3.05) is 0 Å². The first-order valence-electron chi connectivity index (χ1n) is 12.2. The van der Waals surface area contributed by atoms with Crippen molar-refractivity contribution in [1.82, 2.24) is 0 Å². The molecule has 0 aromatic rings. The lowest BCUT2D eigenvalue weighted by atomic mass is 9.49. The van der Waals surface area contributed by atoms with Gasteiger partial charge < -0.3 is 15.3 Å². The Morgan fingerprint density at radius 3 is 2.43 bits per heavy atom. The zero-order chi connectivity index (χ0) is 21.8. The van der Waals surface area contributed by atoms with E-state index in [-0.39, 0.29) is 22.9 Å². The Labute approximate surface area is 183 Å². The van der Waals surface area contributed by atoms with Crippen LogP contribution in [-0.4, -0.2) is 33.6 Å². The average molecular weight is 415 g/mol. The molecular formula is C27H42O3. The predicted octanol–water partition coefficient (Wildman–Crippen LogP) is 5.03. The first-order valence-corrected chi connectivity index (χ1v) is 12.2. The summed E-state index contributed by atoms with van der Waals surface area (Å²) in [7, 11) is 0. The molecule has 0 aromatic heterocycles. The summed E-state index contributed by atoms with van der Waals surface area (Å²) < 4.78 is 0. The molecule has 9 atom stereocenters. The second-order valence-corrected chi connectivity index (χ2v) is 11.6. The van der Waals surface area contributed by atoms with Crippen LogP contribution in [0.3, 0.4) is 0 Å². The van der Waals surface area contributed by atoms with Crippen molar-refractivity contribution in [1.29, 1.82) is 0 Å². The minimum Gasteiger partial charge on any atom is -0.393 e. The number of aliphatic hydroxyl groups is 3. The lowest BCUT2D eigenvalue weighted by Crippen LogP contribution is -2.52. The zero-order valence-corrected chi connectivity index (χ0v) is 19.5. The van der Waals surface area contributed by atoms with Gasteiger partial charge in [-0.15, -0.1) is 0 Å². The summed E-state index contributed by atoms with van der Waals surface area (Å²) in [4.78, 5) is 0. The summed E-state index contributed by atoms with van der Waals surface area (Å²) in [5.74, 6) is 2.35. The topological polar surface area (TPSA) is 60.7 Å². The first kappa shape index (κ1) is 22.3. The third-order valence-electron chi connectivity index (χ3n) is 9.65. The molecular weight excluding hydrogens is 372 g/mol. The maximum atomic E-state index is 11.0. The minimum atomic E-state index is -0.456. The van der Waals surface area contributed by atoms with Gasteiger partial charge in [0.25, 0.3) is 0 Å². The highest BCUT2D eigenvalue weighted by Crippen LogP contribution is 2.65. The summed E-state index contributed by atoms with van der Waals surface area (Å²) in [6.07, 6.45) is 13.6. The lowest BCUT2D eigenvalue weighted by Gasteiger charge is -2.56. The second kappa shape index (κ2) is 7.90. The van der Waals surface area contributed by atoms with Crippen molar-refractivity contribution in [3.05, 3.63) is 35.5 Å². The maximum Gasteiger partial charge on any atom is 0.0743 e. The Balaban J connectivity index is 1.59. The molecule has 0 amide bonds. The van der Waals surface area contributed by atoms with E-state index in [4.69, 9.17) is 0 Å². The van der Waals surface area contributed by atoms with Crippen molar-refractivity contribution in [2.24, 2.45) is 40.4 Å². The molecule has 0 radical (unpaired) electrons. The van der Waals surface area contributed by atoms with Crippen LogP contribution in [0.4, 0.5) is 0 Å². The van der Waals surface area contributed by atoms with Gasteiger partial charge >= 0.3 is 0 Å². The molecule has 168 valence electrons. The van der Waals surface area contributed by atoms with Gasteiger partial charge in [0.15, 0.2) is 0 Å². The number of hydrogen-bond donors (Lipinski definition) is 3. The van der Waals surface area contributed by atoms with Crippen LogP contribution in [0.5, 0.6) is 0 Å². The van der Waals surface area contributed by atoms with Crippen LogP contribution >= 0.6 is 0 Å². The Morgan fingerprint density at radius 2 is 1.73 bits per heavy atom. The van der Waals surface area contributed by atoms with Gasteiger partial charge in [0.05, 0.1) is 18.3 Å². The van der Waals surface area contributed by atoms with E-state index in [1.807, 2.05) is 6.08 Å². The molecule has 0 bridgehead atoms. The minimum absolute atomic E-state index is 0.213. The van der Waals surface area contributed by atoms with Crippen LogP contribution in [0, 0.1) is 40.4 Å². The Bertz CT molecular complexity index is 749. The molecule has 3 heteroatoms. The highest BCUT2D eigenvalue weighted by atomic mass is 16.3. The molecule has 3 fully saturated rings. The quantitative estimate of drug-likeness (QED) is 0.566. The van der Waals surface area contributed by atoms with Crippen LogP contribution in [0.25, 0.3) is 0 Å². The highest BCUT2D eigenvalue weighted by molar-refractivity contribution is 5.40. The summed E-state index contributed by atoms with van der Waals surface area (Å²) >= 11 is 0. The Hall–Kier alpha value is -0.900. The van der Waals surface area contributed by atoms with E-state index < -0.39 is 12.2 Å². The number of allylic oxidation sites excluding steroid dienone is 4. The van der Waals surface area contributed by atoms with Gasteiger partial charge in [-0.25, -0.2) is 0 Å². The smallest absolute Gasteiger partial charge is 0.0743 e. The number of rotatable bonds is 4. The third-order valence-corrected chi connectivity index (χ3v) is 9.65. The molecule has 0 unspecified atom stereocenters. The second-order valence-electron chi connectivity index (χ2n) is 11.6. The average Bonchev–Trinajstić information content (AvgIpc) is 3.04. The molecule has 4 aliphatic carbocycles. The monoisotopic (exact) mass is 414 g/mol. The van der Waals surface area contributed by atoms with Crippen molar-refractivity contribution in [2.45, 2.75) is 91.5 Å². The van der Waals surface area contributed by atoms with Crippen molar-refractivity contribution >= 4 is 0 Å². The van der Waals surface area contributed by atoms with Crippen molar-refractivity contribution < 1.29 is 15.3 Å². The summed E-state index contributed by atoms with van der Waals surface area (Å²) in [5, 5.41) is 31.4. The normalized spacial score (nSPS) is 45.4. The van der Waals surface area contributed by atoms with Crippen LogP contribution in [0.2, 0.25) is 0 Å². The van der Waals surface area contributed by atoms with E-state index in [1.165, 1.54) is 24.8 Å². The van der Waals surface area contributed by atoms with Crippen LogP contribution < -0.4 is 0 Å². The van der Waals surface area contributed by atoms with Crippen LogP contribution in [0.1, 0.15) is 73.1 Å². The molecule has 0 saturated heterocycles. The van der Waals surface area contributed by atoms with E-state index in [1.54, 1.807) is 5.57 Å². The molecule has 3 N–H and O–H groups in total. The van der Waals surface area contributed by atoms with E-state index in [2.05, 4.69) is 52.8 Å². The third kappa shape index (κ3) is 3.36. The molecule has 30 heavy (non-hydrogen) atoms. The molecule has 4 aliphatic rings. The van der Waals surface area contributed by atoms with Gasteiger partial charge in [0, 0.05) is 11.8 Å². The van der Waals surface area contributed by atoms with E-state index in [9.17, 15) is 15.3 Å². The fourth-order valence-corrected chi connectivity index (χ4v) is 7.60. The zero-order valence-electron chi connectivity index (χ0n) is 19.5. The highest BCUT2D eigenvalue weighted by Gasteiger charge is 2.58. The molecule has 0 spiro atoms. The van der Waals surface area contributed by atoms with Crippen molar-refractivity contribution in [3.63, 3.8) is 0 Å². The number of aliphatic hydroxyl groups excluding tert-OH is 3. The van der Waals surface area contributed by atoms with Crippen LogP contribution in [0.15, 0.2) is 35.5 Å². The molecule has 3 nitrogen and oxygen atoms in total. The lowest BCUT2D eigenvalue weighted by molar-refractivity contribution is -0.0537. The van der Waals surface area contributed by atoms with E-state index in [0.29, 0.717) is 36.5 Å². The fraction of sp³-hybridized carbons (Fsp3) is 0.778. The predicted molar refractivity (Wildman–Crippen MR) is 122 cm³/mol. The number of hydrogen-bond acceptors (Lipinski definition) is 3. The van der Waals surface area contributed by atoms with Gasteiger partial charge in [0.2, 0.25) is 0 Å². The van der Waals surface area contributed by atoms with Gasteiger partial charge in [-0.3, -0.25) is 0 Å². The van der Waals surface area contributed by atoms with Gasteiger partial charge in [-0.05, 0) is 67.1 Å². The molecule has 0 aliphatic heterocycles. The summed E-state index contributed by atoms with van der Waals surface area (Å²) in [6.45, 7) is 11.2. The Kier molecular flexibility index (Phi) is 5.87. The van der Waals surface area contributed by atoms with Gasteiger partial charge in [-0.2, -0.15) is 0 Å². The van der Waals surface area contributed by atoms with Gasteiger partial charge in [0.1, 0.15) is 0 Å². The summed E-state index contributed by atoms with van der Waals surface area (Å²) in [6, 6.07) is 0. The molecule has 0 aromatic carbocycles. The SMILES string of the molecule is CC(C)[C@H](O)/C=C/[C@@H](C)[C@H]1CC[C@H]2C3=CC=C4C[C@@H](O)C[C@H](O)[C@]4(C)[C@H]3CC[C@]12C. The Morgan fingerprint density at radius 1 is 1.00 bits per heavy atom.